The molecule has 4 aromatic carbocycles. The Morgan fingerprint density at radius 1 is 0.528 bits per heavy atom. The summed E-state index contributed by atoms with van der Waals surface area (Å²) in [6.07, 6.45) is -4.79. The first-order chi connectivity index (χ1) is 24.8. The third-order valence-electron chi connectivity index (χ3n) is 8.30. The maximum Gasteiger partial charge on any atom is 0.422 e. The minimum atomic E-state index is -4.79. The van der Waals surface area contributed by atoms with Crippen LogP contribution in [0.2, 0.25) is 0 Å². The molecule has 15 heteroatoms. The van der Waals surface area contributed by atoms with Crippen LogP contribution in [0, 0.1) is 23.3 Å². The number of hydrogen-bond acceptors (Lipinski definition) is 5. The molecule has 0 aromatic heterocycles. The van der Waals surface area contributed by atoms with Crippen molar-refractivity contribution in [3.8, 4) is 0 Å². The van der Waals surface area contributed by atoms with Gasteiger partial charge in [0.1, 0.15) is 23.3 Å². The molecule has 0 saturated carbocycles. The van der Waals surface area contributed by atoms with Crippen LogP contribution in [0.5, 0.6) is 0 Å². The van der Waals surface area contributed by atoms with Crippen molar-refractivity contribution in [2.24, 2.45) is 5.73 Å². The van der Waals surface area contributed by atoms with Crippen molar-refractivity contribution < 1.29 is 54.6 Å². The van der Waals surface area contributed by atoms with Gasteiger partial charge in [-0.15, -0.1) is 0 Å². The number of esters is 1. The summed E-state index contributed by atoms with van der Waals surface area (Å²) < 4.78 is 93.7. The topological polar surface area (TPSA) is 110 Å². The molecule has 0 spiro atoms. The highest BCUT2D eigenvalue weighted by Crippen LogP contribution is 2.32. The van der Waals surface area contributed by atoms with Crippen LogP contribution < -0.4 is 5.73 Å². The first kappa shape index (κ1) is 41.7. The van der Waals surface area contributed by atoms with Gasteiger partial charge in [-0.25, -0.2) is 22.4 Å². The van der Waals surface area contributed by atoms with Gasteiger partial charge in [0.2, 0.25) is 0 Å². The molecule has 4 unspecified atom stereocenters. The second-order valence-corrected chi connectivity index (χ2v) is 11.9. The zero-order valence-electron chi connectivity index (χ0n) is 28.9. The minimum absolute atomic E-state index is 0.398. The fourth-order valence-corrected chi connectivity index (χ4v) is 5.42. The van der Waals surface area contributed by atoms with Crippen molar-refractivity contribution in [3.05, 3.63) is 143 Å². The lowest BCUT2D eigenvalue weighted by Gasteiger charge is -2.34. The molecule has 0 aliphatic carbocycles. The van der Waals surface area contributed by atoms with Gasteiger partial charge >= 0.3 is 29.9 Å². The molecular weight excluding hydrogens is 711 g/mol. The van der Waals surface area contributed by atoms with E-state index in [1.54, 1.807) is 38.1 Å². The number of rotatable bonds is 9. The molecule has 4 atom stereocenters. The Hall–Kier alpha value is -5.73. The third-order valence-corrected chi connectivity index (χ3v) is 8.30. The summed E-state index contributed by atoms with van der Waals surface area (Å²) in [7, 11) is 0. The summed E-state index contributed by atoms with van der Waals surface area (Å²) in [5.41, 5.74) is 7.36. The van der Waals surface area contributed by atoms with E-state index in [-0.39, 0.29) is 0 Å². The van der Waals surface area contributed by atoms with Crippen LogP contribution >= 0.6 is 0 Å². The van der Waals surface area contributed by atoms with Crippen molar-refractivity contribution in [2.45, 2.75) is 58.0 Å². The quantitative estimate of drug-likeness (QED) is 0.107. The Balaban J connectivity index is 0.000000290. The van der Waals surface area contributed by atoms with E-state index in [9.17, 15) is 49.9 Å². The van der Waals surface area contributed by atoms with E-state index < -0.39 is 83.9 Å². The molecule has 53 heavy (non-hydrogen) atoms. The van der Waals surface area contributed by atoms with Crippen LogP contribution in [0.1, 0.15) is 74.1 Å². The van der Waals surface area contributed by atoms with Gasteiger partial charge in [0.15, 0.2) is 6.61 Å². The lowest BCUT2D eigenvalue weighted by molar-refractivity contribution is -0.190. The predicted molar refractivity (Wildman–Crippen MR) is 179 cm³/mol. The number of benzene rings is 4. The molecule has 0 fully saturated rings. The number of hydrogen-bond donors (Lipinski definition) is 1. The van der Waals surface area contributed by atoms with E-state index >= 15 is 0 Å². The van der Waals surface area contributed by atoms with Gasteiger partial charge in [0, 0.05) is 0 Å². The Labute approximate surface area is 300 Å². The summed E-state index contributed by atoms with van der Waals surface area (Å²) in [5, 5.41) is 0. The van der Waals surface area contributed by atoms with Crippen molar-refractivity contribution in [2.75, 3.05) is 6.61 Å². The monoisotopic (exact) mass is 747 g/mol. The van der Waals surface area contributed by atoms with Crippen LogP contribution in [0.3, 0.4) is 0 Å². The molecule has 4 rings (SSSR count). The number of ether oxygens (including phenoxy) is 1. The molecule has 8 nitrogen and oxygen atoms in total. The van der Waals surface area contributed by atoms with Gasteiger partial charge in [-0.2, -0.15) is 13.2 Å². The van der Waals surface area contributed by atoms with Crippen LogP contribution in [0.25, 0.3) is 0 Å². The summed E-state index contributed by atoms with van der Waals surface area (Å²) in [6.45, 7) is 4.59. The van der Waals surface area contributed by atoms with E-state index in [1.165, 1.54) is 67.3 Å². The van der Waals surface area contributed by atoms with E-state index in [2.05, 4.69) is 4.74 Å². The first-order valence-corrected chi connectivity index (χ1v) is 16.0. The zero-order valence-corrected chi connectivity index (χ0v) is 28.9. The van der Waals surface area contributed by atoms with Crippen molar-refractivity contribution >= 4 is 23.7 Å². The Morgan fingerprint density at radius 3 is 1.00 bits per heavy atom. The smallest absolute Gasteiger partial charge is 0.422 e. The minimum Gasteiger partial charge on any atom is -0.449 e. The summed E-state index contributed by atoms with van der Waals surface area (Å²) in [5.74, 6) is -6.75. The predicted octanol–water partition coefficient (Wildman–Crippen LogP) is 7.82. The van der Waals surface area contributed by atoms with Crippen LogP contribution in [0.4, 0.5) is 30.7 Å². The highest BCUT2D eigenvalue weighted by molar-refractivity contribution is 6.34. The Bertz CT molecular complexity index is 1750. The number of primary amides is 1. The highest BCUT2D eigenvalue weighted by atomic mass is 19.4. The van der Waals surface area contributed by atoms with Gasteiger partial charge in [0.05, 0.1) is 24.2 Å². The van der Waals surface area contributed by atoms with Gasteiger partial charge in [-0.1, -0.05) is 48.5 Å². The van der Waals surface area contributed by atoms with E-state index in [0.717, 1.165) is 29.2 Å². The number of carbonyl (C=O) groups excluding carboxylic acids is 4. The molecule has 0 aliphatic rings. The highest BCUT2D eigenvalue weighted by Gasteiger charge is 2.36. The lowest BCUT2D eigenvalue weighted by Crippen LogP contribution is -2.43. The molecule has 0 heterocycles. The maximum atomic E-state index is 13.2. The molecule has 0 saturated heterocycles. The molecule has 0 aliphatic heterocycles. The van der Waals surface area contributed by atoms with Crippen molar-refractivity contribution in [3.63, 3.8) is 0 Å². The molecule has 3 amide bonds. The SMILES string of the molecule is CC(c1ccc(F)cc1)N(C(=O)C(=O)OCC(F)(F)F)C(C)c1ccc(F)cc1.CC(c1ccc(F)cc1)N(C(=O)C(N)=O)C(C)c1ccc(F)cc1. The fourth-order valence-electron chi connectivity index (χ4n) is 5.42. The summed E-state index contributed by atoms with van der Waals surface area (Å²) in [6, 6.07) is 18.8. The molecule has 0 radical (unpaired) electrons. The lowest BCUT2D eigenvalue weighted by atomic mass is 10.0. The Kier molecular flexibility index (Phi) is 14.3. The maximum absolute atomic E-state index is 13.2. The summed E-state index contributed by atoms with van der Waals surface area (Å²) >= 11 is 0. The first-order valence-electron chi connectivity index (χ1n) is 16.0. The van der Waals surface area contributed by atoms with Crippen LogP contribution in [-0.2, 0) is 23.9 Å². The van der Waals surface area contributed by atoms with Crippen molar-refractivity contribution in [1.82, 2.24) is 9.80 Å². The standard InChI is InChI=1S/C20H18F5NO3.C18H18F2N2O2/c1-12(14-3-7-16(21)8-4-14)26(13(2)15-5-9-17(22)10-6-15)18(27)19(28)29-11-20(23,24)25;1-11(13-3-7-15(19)8-4-13)22(18(24)17(21)23)12(2)14-5-9-16(20)10-6-14/h3-10,12-13H,11H2,1-2H3;3-12H,1-2H3,(H2,21,23). The Morgan fingerprint density at radius 2 is 0.774 bits per heavy atom. The van der Waals surface area contributed by atoms with Gasteiger partial charge in [0.25, 0.3) is 0 Å². The zero-order chi connectivity index (χ0) is 39.6. The normalized spacial score (nSPS) is 13.3. The molecular formula is C38H36F7N3O5. The molecule has 4 aromatic rings. The summed E-state index contributed by atoms with van der Waals surface area (Å²) in [4.78, 5) is 50.7. The van der Waals surface area contributed by atoms with Gasteiger partial charge in [-0.05, 0) is 98.5 Å². The molecule has 2 N–H and O–H groups in total. The third kappa shape index (κ3) is 11.6. The van der Waals surface area contributed by atoms with E-state index in [0.29, 0.717) is 22.3 Å². The number of alkyl halides is 3. The largest absolute Gasteiger partial charge is 0.449 e. The number of amides is 3. The second kappa shape index (κ2) is 18.2. The van der Waals surface area contributed by atoms with Crippen LogP contribution in [-0.4, -0.2) is 46.3 Å². The van der Waals surface area contributed by atoms with E-state index in [4.69, 9.17) is 5.73 Å². The van der Waals surface area contributed by atoms with E-state index in [1.807, 2.05) is 0 Å². The number of carbonyl (C=O) groups is 4. The van der Waals surface area contributed by atoms with Crippen LogP contribution in [0.15, 0.2) is 97.1 Å². The second-order valence-electron chi connectivity index (χ2n) is 11.9. The number of halogens is 7. The average Bonchev–Trinajstić information content (AvgIpc) is 3.11. The molecule has 282 valence electrons. The number of nitrogens with zero attached hydrogens (tertiary/aromatic N) is 2. The van der Waals surface area contributed by atoms with Gasteiger partial charge in [-0.3, -0.25) is 14.4 Å². The van der Waals surface area contributed by atoms with Gasteiger partial charge < -0.3 is 20.3 Å². The molecule has 0 bridgehead atoms. The van der Waals surface area contributed by atoms with Crippen molar-refractivity contribution in [1.29, 1.82) is 0 Å². The fraction of sp³-hybridized carbons (Fsp3) is 0.263. The average molecular weight is 748 g/mol. The number of nitrogens with two attached hydrogens (primary N) is 1.